The molecule has 124 valence electrons. The summed E-state index contributed by atoms with van der Waals surface area (Å²) in [5, 5.41) is 0. The van der Waals surface area contributed by atoms with Gasteiger partial charge in [-0.05, 0) is 56.4 Å². The largest absolute Gasteiger partial charge is 0.444 e. The molecule has 0 spiro atoms. The zero-order chi connectivity index (χ0) is 17.1. The Morgan fingerprint density at radius 1 is 1.14 bits per heavy atom. The standard InChI is InChI=1S/C18H28BrNO2/c1-8-20(16(21)22-18(5,6)7)12-13-9-14(17(2,3)4)11-15(19)10-13/h9-11H,8,12H2,1-7H3. The number of ether oxygens (including phenoxy) is 1. The molecule has 4 heteroatoms. The summed E-state index contributed by atoms with van der Waals surface area (Å²) in [5.74, 6) is 0. The van der Waals surface area contributed by atoms with E-state index < -0.39 is 5.60 Å². The Kier molecular flexibility index (Phi) is 6.08. The Bertz CT molecular complexity index is 527. The van der Waals surface area contributed by atoms with Crippen molar-refractivity contribution in [3.05, 3.63) is 33.8 Å². The molecule has 0 fully saturated rings. The van der Waals surface area contributed by atoms with Gasteiger partial charge >= 0.3 is 6.09 Å². The zero-order valence-corrected chi connectivity index (χ0v) is 16.4. The number of hydrogen-bond acceptors (Lipinski definition) is 2. The molecule has 1 aromatic rings. The summed E-state index contributed by atoms with van der Waals surface area (Å²) in [6.07, 6.45) is -0.271. The molecule has 0 saturated carbocycles. The third-order valence-corrected chi connectivity index (χ3v) is 3.69. The first-order valence-corrected chi connectivity index (χ1v) is 8.49. The van der Waals surface area contributed by atoms with E-state index in [0.717, 1.165) is 10.0 Å². The summed E-state index contributed by atoms with van der Waals surface area (Å²) in [5.41, 5.74) is 1.95. The van der Waals surface area contributed by atoms with E-state index >= 15 is 0 Å². The summed E-state index contributed by atoms with van der Waals surface area (Å²) in [7, 11) is 0. The molecule has 0 aliphatic rings. The van der Waals surface area contributed by atoms with Crippen molar-refractivity contribution < 1.29 is 9.53 Å². The van der Waals surface area contributed by atoms with Gasteiger partial charge in [0.05, 0.1) is 0 Å². The monoisotopic (exact) mass is 369 g/mol. The minimum atomic E-state index is -0.474. The van der Waals surface area contributed by atoms with Crippen LogP contribution in [0.15, 0.2) is 22.7 Å². The maximum Gasteiger partial charge on any atom is 0.410 e. The van der Waals surface area contributed by atoms with Crippen molar-refractivity contribution in [3.8, 4) is 0 Å². The summed E-state index contributed by atoms with van der Waals surface area (Å²) < 4.78 is 6.50. The maximum atomic E-state index is 12.3. The number of carbonyl (C=O) groups excluding carboxylic acids is 1. The molecule has 0 aliphatic heterocycles. The van der Waals surface area contributed by atoms with Gasteiger partial charge in [0.2, 0.25) is 0 Å². The van der Waals surface area contributed by atoms with E-state index in [-0.39, 0.29) is 11.5 Å². The lowest BCUT2D eigenvalue weighted by Crippen LogP contribution is -2.36. The number of nitrogens with zero attached hydrogens (tertiary/aromatic N) is 1. The van der Waals surface area contributed by atoms with Crippen LogP contribution in [0.4, 0.5) is 4.79 Å². The normalized spacial score (nSPS) is 12.2. The fourth-order valence-corrected chi connectivity index (χ4v) is 2.57. The second-order valence-electron chi connectivity index (χ2n) is 7.59. The van der Waals surface area contributed by atoms with Crippen molar-refractivity contribution in [2.24, 2.45) is 0 Å². The van der Waals surface area contributed by atoms with Crippen molar-refractivity contribution in [1.82, 2.24) is 4.90 Å². The lowest BCUT2D eigenvalue weighted by Gasteiger charge is -2.27. The lowest BCUT2D eigenvalue weighted by atomic mass is 9.86. The summed E-state index contributed by atoms with van der Waals surface area (Å²) in [4.78, 5) is 14.0. The molecule has 3 nitrogen and oxygen atoms in total. The Hall–Kier alpha value is -1.03. The van der Waals surface area contributed by atoms with Crippen LogP contribution < -0.4 is 0 Å². The number of rotatable bonds is 3. The van der Waals surface area contributed by atoms with Gasteiger partial charge in [0.1, 0.15) is 5.60 Å². The molecule has 0 N–H and O–H groups in total. The minimum absolute atomic E-state index is 0.0709. The Morgan fingerprint density at radius 2 is 1.73 bits per heavy atom. The molecule has 1 aromatic carbocycles. The lowest BCUT2D eigenvalue weighted by molar-refractivity contribution is 0.0244. The number of hydrogen-bond donors (Lipinski definition) is 0. The smallest absolute Gasteiger partial charge is 0.410 e. The van der Waals surface area contributed by atoms with Gasteiger partial charge in [0.25, 0.3) is 0 Å². The van der Waals surface area contributed by atoms with Gasteiger partial charge in [0, 0.05) is 17.6 Å². The highest BCUT2D eigenvalue weighted by molar-refractivity contribution is 9.10. The highest BCUT2D eigenvalue weighted by Gasteiger charge is 2.22. The Morgan fingerprint density at radius 3 is 2.18 bits per heavy atom. The van der Waals surface area contributed by atoms with Crippen LogP contribution in [0.5, 0.6) is 0 Å². The van der Waals surface area contributed by atoms with Crippen LogP contribution in [0, 0.1) is 0 Å². The van der Waals surface area contributed by atoms with E-state index in [4.69, 9.17) is 4.74 Å². The molecule has 0 aliphatic carbocycles. The SMILES string of the molecule is CCN(Cc1cc(Br)cc(C(C)(C)C)c1)C(=O)OC(C)(C)C. The zero-order valence-electron chi connectivity index (χ0n) is 14.8. The van der Waals surface area contributed by atoms with Crippen LogP contribution in [0.2, 0.25) is 0 Å². The molecule has 0 radical (unpaired) electrons. The Balaban J connectivity index is 2.96. The van der Waals surface area contributed by atoms with Gasteiger partial charge in [0.15, 0.2) is 0 Å². The summed E-state index contributed by atoms with van der Waals surface area (Å²) in [6, 6.07) is 6.35. The predicted molar refractivity (Wildman–Crippen MR) is 95.2 cm³/mol. The molecule has 0 atom stereocenters. The molecule has 1 amide bonds. The second-order valence-corrected chi connectivity index (χ2v) is 8.51. The maximum absolute atomic E-state index is 12.3. The third kappa shape index (κ3) is 5.99. The molecule has 0 bridgehead atoms. The van der Waals surface area contributed by atoms with Crippen LogP contribution in [0.3, 0.4) is 0 Å². The molecule has 22 heavy (non-hydrogen) atoms. The van der Waals surface area contributed by atoms with Crippen molar-refractivity contribution >= 4 is 22.0 Å². The minimum Gasteiger partial charge on any atom is -0.444 e. The van der Waals surface area contributed by atoms with E-state index in [1.807, 2.05) is 27.7 Å². The quantitative estimate of drug-likeness (QED) is 0.703. The van der Waals surface area contributed by atoms with Gasteiger partial charge in [-0.3, -0.25) is 0 Å². The number of benzene rings is 1. The highest BCUT2D eigenvalue weighted by Crippen LogP contribution is 2.27. The van der Waals surface area contributed by atoms with Crippen molar-refractivity contribution in [2.45, 2.75) is 66.0 Å². The second kappa shape index (κ2) is 7.03. The first-order valence-electron chi connectivity index (χ1n) is 7.70. The van der Waals surface area contributed by atoms with Crippen molar-refractivity contribution in [3.63, 3.8) is 0 Å². The van der Waals surface area contributed by atoms with Crippen LogP contribution in [0.25, 0.3) is 0 Å². The Labute approximate surface area is 143 Å². The first kappa shape index (κ1) is 19.0. The van der Waals surface area contributed by atoms with Gasteiger partial charge in [-0.25, -0.2) is 4.79 Å². The van der Waals surface area contributed by atoms with Crippen LogP contribution in [-0.2, 0) is 16.7 Å². The average molecular weight is 370 g/mol. The molecular formula is C18H28BrNO2. The third-order valence-electron chi connectivity index (χ3n) is 3.23. The molecular weight excluding hydrogens is 342 g/mol. The topological polar surface area (TPSA) is 29.5 Å². The number of halogens is 1. The molecule has 0 saturated heterocycles. The van der Waals surface area contributed by atoms with E-state index in [1.54, 1.807) is 4.90 Å². The molecule has 1 rings (SSSR count). The van der Waals surface area contributed by atoms with E-state index in [0.29, 0.717) is 13.1 Å². The molecule has 0 heterocycles. The fourth-order valence-electron chi connectivity index (χ4n) is 2.03. The van der Waals surface area contributed by atoms with Crippen molar-refractivity contribution in [1.29, 1.82) is 0 Å². The highest BCUT2D eigenvalue weighted by atomic mass is 79.9. The van der Waals surface area contributed by atoms with E-state index in [2.05, 4.69) is 54.9 Å². The molecule has 0 aromatic heterocycles. The fraction of sp³-hybridized carbons (Fsp3) is 0.611. The van der Waals surface area contributed by atoms with E-state index in [9.17, 15) is 4.79 Å². The predicted octanol–water partition coefficient (Wildman–Crippen LogP) is 5.50. The number of carbonyl (C=O) groups is 1. The number of amides is 1. The van der Waals surface area contributed by atoms with E-state index in [1.165, 1.54) is 5.56 Å². The first-order chi connectivity index (χ1) is 9.92. The molecule has 0 unspecified atom stereocenters. The van der Waals surface area contributed by atoms with Crippen LogP contribution >= 0.6 is 15.9 Å². The van der Waals surface area contributed by atoms with Crippen LogP contribution in [-0.4, -0.2) is 23.1 Å². The van der Waals surface area contributed by atoms with Crippen molar-refractivity contribution in [2.75, 3.05) is 6.54 Å². The summed E-state index contributed by atoms with van der Waals surface area (Å²) in [6.45, 7) is 15.3. The van der Waals surface area contributed by atoms with Gasteiger partial charge < -0.3 is 9.64 Å². The van der Waals surface area contributed by atoms with Gasteiger partial charge in [-0.15, -0.1) is 0 Å². The van der Waals surface area contributed by atoms with Gasteiger partial charge in [-0.2, -0.15) is 0 Å². The van der Waals surface area contributed by atoms with Crippen LogP contribution in [0.1, 0.15) is 59.6 Å². The summed E-state index contributed by atoms with van der Waals surface area (Å²) >= 11 is 3.57. The average Bonchev–Trinajstić information content (AvgIpc) is 2.31. The van der Waals surface area contributed by atoms with Gasteiger partial charge in [-0.1, -0.05) is 42.8 Å².